The summed E-state index contributed by atoms with van der Waals surface area (Å²) in [4.78, 5) is 11.5. The van der Waals surface area contributed by atoms with Crippen LogP contribution in [0, 0.1) is 5.92 Å². The molecule has 1 amide bonds. The fourth-order valence-electron chi connectivity index (χ4n) is 1.89. The first-order chi connectivity index (χ1) is 6.27. The van der Waals surface area contributed by atoms with Crippen LogP contribution in [0.15, 0.2) is 0 Å². The first-order valence-electron chi connectivity index (χ1n) is 5.31. The van der Waals surface area contributed by atoms with Gasteiger partial charge in [-0.25, -0.2) is 0 Å². The monoisotopic (exact) mass is 182 g/mol. The Balaban J connectivity index is 1.81. The van der Waals surface area contributed by atoms with Gasteiger partial charge in [0.15, 0.2) is 0 Å². The van der Waals surface area contributed by atoms with E-state index in [1.165, 1.54) is 6.42 Å². The fourth-order valence-corrected chi connectivity index (χ4v) is 1.89. The summed E-state index contributed by atoms with van der Waals surface area (Å²) < 4.78 is 0. The molecule has 2 N–H and O–H groups in total. The lowest BCUT2D eigenvalue weighted by atomic mass is 10.00. The van der Waals surface area contributed by atoms with Crippen molar-refractivity contribution < 1.29 is 4.79 Å². The molecule has 1 heterocycles. The normalized spacial score (nSPS) is 34.2. The van der Waals surface area contributed by atoms with Crippen molar-refractivity contribution in [2.75, 3.05) is 6.54 Å². The molecule has 2 fully saturated rings. The number of nitrogens with one attached hydrogen (secondary N) is 2. The van der Waals surface area contributed by atoms with E-state index in [1.807, 2.05) is 0 Å². The first-order valence-corrected chi connectivity index (χ1v) is 5.31. The van der Waals surface area contributed by atoms with E-state index in [9.17, 15) is 4.79 Å². The summed E-state index contributed by atoms with van der Waals surface area (Å²) in [6.45, 7) is 3.24. The zero-order valence-corrected chi connectivity index (χ0v) is 8.18. The van der Waals surface area contributed by atoms with Gasteiger partial charge in [0.1, 0.15) is 0 Å². The molecular weight excluding hydrogens is 164 g/mol. The second-order valence-electron chi connectivity index (χ2n) is 4.27. The average molecular weight is 182 g/mol. The Hall–Kier alpha value is -0.570. The molecule has 0 radical (unpaired) electrons. The van der Waals surface area contributed by atoms with Crippen molar-refractivity contribution in [2.45, 2.75) is 44.7 Å². The van der Waals surface area contributed by atoms with Gasteiger partial charge in [0.2, 0.25) is 5.91 Å². The third kappa shape index (κ3) is 2.21. The molecule has 3 heteroatoms. The van der Waals surface area contributed by atoms with E-state index in [1.54, 1.807) is 0 Å². The third-order valence-electron chi connectivity index (χ3n) is 3.04. The molecule has 1 aliphatic heterocycles. The van der Waals surface area contributed by atoms with Gasteiger partial charge in [0, 0.05) is 18.0 Å². The summed E-state index contributed by atoms with van der Waals surface area (Å²) in [6, 6.07) is 0.804. The number of piperidine rings is 1. The van der Waals surface area contributed by atoms with E-state index < -0.39 is 0 Å². The second kappa shape index (κ2) is 3.66. The van der Waals surface area contributed by atoms with Gasteiger partial charge in [-0.1, -0.05) is 0 Å². The van der Waals surface area contributed by atoms with Crippen LogP contribution in [0.5, 0.6) is 0 Å². The van der Waals surface area contributed by atoms with E-state index in [0.717, 1.165) is 25.8 Å². The zero-order chi connectivity index (χ0) is 9.26. The summed E-state index contributed by atoms with van der Waals surface area (Å²) in [5.41, 5.74) is 0. The lowest BCUT2D eigenvalue weighted by Gasteiger charge is -2.30. The summed E-state index contributed by atoms with van der Waals surface area (Å²) in [7, 11) is 0. The van der Waals surface area contributed by atoms with Crippen LogP contribution in [0.2, 0.25) is 0 Å². The van der Waals surface area contributed by atoms with Gasteiger partial charge in [-0.15, -0.1) is 0 Å². The number of hydrogen-bond acceptors (Lipinski definition) is 2. The van der Waals surface area contributed by atoms with Gasteiger partial charge >= 0.3 is 0 Å². The highest BCUT2D eigenvalue weighted by Crippen LogP contribution is 2.29. The molecule has 2 aliphatic rings. The fraction of sp³-hybridized carbons (Fsp3) is 0.900. The largest absolute Gasteiger partial charge is 0.352 e. The molecule has 2 atom stereocenters. The number of carbonyl (C=O) groups is 1. The van der Waals surface area contributed by atoms with Crippen LogP contribution >= 0.6 is 0 Å². The van der Waals surface area contributed by atoms with E-state index in [0.29, 0.717) is 18.0 Å². The minimum absolute atomic E-state index is 0.278. The van der Waals surface area contributed by atoms with Crippen LogP contribution in [0.25, 0.3) is 0 Å². The lowest BCUT2D eigenvalue weighted by Crippen LogP contribution is -2.52. The maximum atomic E-state index is 11.5. The topological polar surface area (TPSA) is 41.1 Å². The van der Waals surface area contributed by atoms with Crippen molar-refractivity contribution in [3.05, 3.63) is 0 Å². The number of hydrogen-bond donors (Lipinski definition) is 2. The first kappa shape index (κ1) is 9.00. The Labute approximate surface area is 79.3 Å². The summed E-state index contributed by atoms with van der Waals surface area (Å²) in [5, 5.41) is 6.51. The van der Waals surface area contributed by atoms with Crippen molar-refractivity contribution in [3.8, 4) is 0 Å². The van der Waals surface area contributed by atoms with E-state index in [4.69, 9.17) is 0 Å². The number of rotatable bonds is 2. The van der Waals surface area contributed by atoms with Gasteiger partial charge in [0.25, 0.3) is 0 Å². The molecule has 0 aromatic rings. The molecule has 1 aliphatic carbocycles. The van der Waals surface area contributed by atoms with Crippen LogP contribution in [0.3, 0.4) is 0 Å². The molecule has 2 rings (SSSR count). The lowest BCUT2D eigenvalue weighted by molar-refractivity contribution is -0.123. The quantitative estimate of drug-likeness (QED) is 0.658. The maximum Gasteiger partial charge on any atom is 0.223 e. The van der Waals surface area contributed by atoms with E-state index >= 15 is 0 Å². The molecule has 13 heavy (non-hydrogen) atoms. The zero-order valence-electron chi connectivity index (χ0n) is 8.18. The molecule has 74 valence electrons. The SMILES string of the molecule is CC1NCCCC1NC(=O)C1CC1. The van der Waals surface area contributed by atoms with E-state index in [-0.39, 0.29) is 5.91 Å². The highest BCUT2D eigenvalue weighted by molar-refractivity contribution is 5.81. The van der Waals surface area contributed by atoms with Crippen LogP contribution in [0.1, 0.15) is 32.6 Å². The van der Waals surface area contributed by atoms with Gasteiger partial charge < -0.3 is 10.6 Å². The van der Waals surface area contributed by atoms with Crippen molar-refractivity contribution in [3.63, 3.8) is 0 Å². The molecule has 0 bridgehead atoms. The number of carbonyl (C=O) groups excluding carboxylic acids is 1. The molecule has 3 nitrogen and oxygen atoms in total. The Bertz CT molecular complexity index is 201. The van der Waals surface area contributed by atoms with Crippen molar-refractivity contribution >= 4 is 5.91 Å². The predicted molar refractivity (Wildman–Crippen MR) is 51.4 cm³/mol. The molecule has 1 saturated heterocycles. The van der Waals surface area contributed by atoms with Gasteiger partial charge in [-0.2, -0.15) is 0 Å². The van der Waals surface area contributed by atoms with Crippen LogP contribution in [-0.4, -0.2) is 24.5 Å². The molecule has 0 aromatic carbocycles. The van der Waals surface area contributed by atoms with Gasteiger partial charge in [0.05, 0.1) is 0 Å². The van der Waals surface area contributed by atoms with Gasteiger partial charge in [-0.05, 0) is 39.2 Å². The van der Waals surface area contributed by atoms with Crippen LogP contribution < -0.4 is 10.6 Å². The average Bonchev–Trinajstić information content (AvgIpc) is 2.91. The minimum Gasteiger partial charge on any atom is -0.352 e. The van der Waals surface area contributed by atoms with Crippen molar-refractivity contribution in [1.82, 2.24) is 10.6 Å². The van der Waals surface area contributed by atoms with E-state index in [2.05, 4.69) is 17.6 Å². The Morgan fingerprint density at radius 1 is 1.38 bits per heavy atom. The predicted octanol–water partition coefficient (Wildman–Crippen LogP) is 0.653. The second-order valence-corrected chi connectivity index (χ2v) is 4.27. The Morgan fingerprint density at radius 2 is 2.15 bits per heavy atom. The third-order valence-corrected chi connectivity index (χ3v) is 3.04. The Kier molecular flexibility index (Phi) is 2.54. The van der Waals surface area contributed by atoms with Crippen molar-refractivity contribution in [1.29, 1.82) is 0 Å². The molecule has 0 spiro atoms. The van der Waals surface area contributed by atoms with Gasteiger partial charge in [-0.3, -0.25) is 4.79 Å². The summed E-state index contributed by atoms with van der Waals surface area (Å²) in [6.07, 6.45) is 4.51. The highest BCUT2D eigenvalue weighted by Gasteiger charge is 2.32. The van der Waals surface area contributed by atoms with Crippen LogP contribution in [0.4, 0.5) is 0 Å². The van der Waals surface area contributed by atoms with Crippen molar-refractivity contribution in [2.24, 2.45) is 5.92 Å². The molecule has 0 aromatic heterocycles. The summed E-state index contributed by atoms with van der Waals surface area (Å²) in [5.74, 6) is 0.620. The highest BCUT2D eigenvalue weighted by atomic mass is 16.2. The summed E-state index contributed by atoms with van der Waals surface area (Å²) >= 11 is 0. The molecule has 1 saturated carbocycles. The minimum atomic E-state index is 0.278. The standard InChI is InChI=1S/C10H18N2O/c1-7-9(3-2-6-11-7)12-10(13)8-4-5-8/h7-9,11H,2-6H2,1H3,(H,12,13). The maximum absolute atomic E-state index is 11.5. The number of amides is 1. The smallest absolute Gasteiger partial charge is 0.223 e. The molecule has 2 unspecified atom stereocenters. The molecular formula is C10H18N2O. The Morgan fingerprint density at radius 3 is 2.77 bits per heavy atom. The van der Waals surface area contributed by atoms with Crippen LogP contribution in [-0.2, 0) is 4.79 Å².